The summed E-state index contributed by atoms with van der Waals surface area (Å²) in [7, 11) is 1.51. The summed E-state index contributed by atoms with van der Waals surface area (Å²) in [6.45, 7) is 5.94. The Morgan fingerprint density at radius 2 is 2.03 bits per heavy atom. The van der Waals surface area contributed by atoms with E-state index in [1.54, 1.807) is 32.0 Å². The molecule has 29 heavy (non-hydrogen) atoms. The molecule has 1 N–H and O–H groups in total. The zero-order valence-corrected chi connectivity index (χ0v) is 17.4. The summed E-state index contributed by atoms with van der Waals surface area (Å²) >= 11 is 0.993. The largest absolute Gasteiger partial charge is 0.493 e. The van der Waals surface area contributed by atoms with Gasteiger partial charge >= 0.3 is 5.97 Å². The van der Waals surface area contributed by atoms with E-state index in [4.69, 9.17) is 14.2 Å². The predicted octanol–water partition coefficient (Wildman–Crippen LogP) is 3.58. The number of thiazole rings is 1. The fourth-order valence-corrected chi connectivity index (χ4v) is 3.22. The van der Waals surface area contributed by atoms with Gasteiger partial charge in [0, 0.05) is 0 Å². The van der Waals surface area contributed by atoms with Crippen LogP contribution in [0.1, 0.15) is 34.8 Å². The van der Waals surface area contributed by atoms with Crippen LogP contribution >= 0.6 is 11.3 Å². The Balaban J connectivity index is 2.22. The molecular weight excluding hydrogens is 394 g/mol. The Morgan fingerprint density at radius 3 is 2.66 bits per heavy atom. The van der Waals surface area contributed by atoms with Gasteiger partial charge in [0.1, 0.15) is 16.5 Å². The highest BCUT2D eigenvalue weighted by Gasteiger charge is 2.19. The Bertz CT molecular complexity index is 975. The van der Waals surface area contributed by atoms with Gasteiger partial charge in [0.15, 0.2) is 16.6 Å². The highest BCUT2D eigenvalue weighted by atomic mass is 32.1. The molecule has 2 rings (SSSR count). The normalized spacial score (nSPS) is 10.8. The number of nitriles is 1. The van der Waals surface area contributed by atoms with E-state index in [2.05, 4.69) is 10.3 Å². The topological polar surface area (TPSA) is 111 Å². The van der Waals surface area contributed by atoms with Crippen molar-refractivity contribution in [2.75, 3.05) is 25.6 Å². The number of aryl methyl sites for hydroxylation is 1. The molecule has 0 atom stereocenters. The van der Waals surface area contributed by atoms with Crippen LogP contribution in [0.3, 0.4) is 0 Å². The zero-order valence-electron chi connectivity index (χ0n) is 16.6. The van der Waals surface area contributed by atoms with Crippen LogP contribution in [-0.4, -0.2) is 37.2 Å². The van der Waals surface area contributed by atoms with Crippen molar-refractivity contribution >= 4 is 34.4 Å². The number of anilines is 1. The van der Waals surface area contributed by atoms with Crippen LogP contribution in [0.25, 0.3) is 6.08 Å². The molecule has 8 nitrogen and oxygen atoms in total. The van der Waals surface area contributed by atoms with Crippen molar-refractivity contribution in [3.63, 3.8) is 0 Å². The third-order valence-electron chi connectivity index (χ3n) is 3.64. The predicted molar refractivity (Wildman–Crippen MR) is 109 cm³/mol. The summed E-state index contributed by atoms with van der Waals surface area (Å²) in [4.78, 5) is 28.8. The summed E-state index contributed by atoms with van der Waals surface area (Å²) in [5.74, 6) is -0.0715. The van der Waals surface area contributed by atoms with Gasteiger partial charge in [-0.05, 0) is 44.5 Å². The van der Waals surface area contributed by atoms with Gasteiger partial charge in [-0.3, -0.25) is 10.1 Å². The number of nitrogens with zero attached hydrogens (tertiary/aromatic N) is 2. The molecule has 152 valence electrons. The van der Waals surface area contributed by atoms with Crippen molar-refractivity contribution in [1.82, 2.24) is 4.98 Å². The first-order valence-corrected chi connectivity index (χ1v) is 9.63. The van der Waals surface area contributed by atoms with E-state index >= 15 is 0 Å². The molecule has 0 bridgehead atoms. The number of benzene rings is 1. The number of hydrogen-bond acceptors (Lipinski definition) is 8. The van der Waals surface area contributed by atoms with Gasteiger partial charge in [0.05, 0.1) is 26.0 Å². The number of esters is 1. The van der Waals surface area contributed by atoms with E-state index in [1.807, 2.05) is 13.0 Å². The van der Waals surface area contributed by atoms with Gasteiger partial charge in [-0.15, -0.1) is 0 Å². The molecule has 0 saturated carbocycles. The molecule has 0 fully saturated rings. The lowest BCUT2D eigenvalue weighted by Gasteiger charge is -2.09. The van der Waals surface area contributed by atoms with Gasteiger partial charge in [-0.2, -0.15) is 5.26 Å². The van der Waals surface area contributed by atoms with Crippen molar-refractivity contribution in [2.45, 2.75) is 20.8 Å². The number of methoxy groups -OCH3 is 1. The van der Waals surface area contributed by atoms with Crippen LogP contribution in [0.5, 0.6) is 11.5 Å². The average Bonchev–Trinajstić information content (AvgIpc) is 3.07. The highest BCUT2D eigenvalue weighted by molar-refractivity contribution is 7.17. The molecule has 1 aromatic carbocycles. The van der Waals surface area contributed by atoms with Gasteiger partial charge in [-0.1, -0.05) is 17.4 Å². The maximum absolute atomic E-state index is 12.5. The molecule has 0 aliphatic heterocycles. The van der Waals surface area contributed by atoms with Crippen LogP contribution in [0.4, 0.5) is 5.13 Å². The van der Waals surface area contributed by atoms with Gasteiger partial charge in [-0.25, -0.2) is 9.78 Å². The minimum absolute atomic E-state index is 0.123. The van der Waals surface area contributed by atoms with Crippen LogP contribution in [0.2, 0.25) is 0 Å². The Hall–Kier alpha value is -3.38. The van der Waals surface area contributed by atoms with Crippen LogP contribution in [0, 0.1) is 18.3 Å². The third kappa shape index (κ3) is 5.56. The van der Waals surface area contributed by atoms with Crippen LogP contribution < -0.4 is 14.8 Å². The third-order valence-corrected chi connectivity index (χ3v) is 4.69. The number of rotatable bonds is 8. The van der Waals surface area contributed by atoms with E-state index in [1.165, 1.54) is 13.2 Å². The maximum Gasteiger partial charge on any atom is 0.350 e. The number of ether oxygens (including phenoxy) is 3. The van der Waals surface area contributed by atoms with Gasteiger partial charge in [0.25, 0.3) is 5.91 Å². The van der Waals surface area contributed by atoms with Crippen LogP contribution in [0.15, 0.2) is 23.8 Å². The molecule has 0 aliphatic carbocycles. The second-order valence-electron chi connectivity index (χ2n) is 5.62. The number of carbonyl (C=O) groups is 2. The van der Waals surface area contributed by atoms with Crippen molar-refractivity contribution in [3.05, 3.63) is 39.9 Å². The summed E-state index contributed by atoms with van der Waals surface area (Å²) in [5, 5.41) is 12.1. The standard InChI is InChI=1S/C20H21N3O5S/c1-5-27-15-8-7-13(10-16(15)26-4)9-14(11-21)18(24)23-20-22-12(3)17(29-20)19(25)28-6-2/h7-10H,5-6H2,1-4H3,(H,22,23,24). The van der Waals surface area contributed by atoms with E-state index in [9.17, 15) is 14.9 Å². The number of hydrogen-bond donors (Lipinski definition) is 1. The number of carbonyl (C=O) groups excluding carboxylic acids is 2. The summed E-state index contributed by atoms with van der Waals surface area (Å²) in [5.41, 5.74) is 0.920. The molecule has 0 unspecified atom stereocenters. The first-order valence-electron chi connectivity index (χ1n) is 8.81. The van der Waals surface area contributed by atoms with Crippen molar-refractivity contribution in [1.29, 1.82) is 5.26 Å². The lowest BCUT2D eigenvalue weighted by atomic mass is 10.1. The average molecular weight is 415 g/mol. The molecule has 1 aromatic heterocycles. The van der Waals surface area contributed by atoms with E-state index in [-0.39, 0.29) is 17.3 Å². The Labute approximate surface area is 172 Å². The zero-order chi connectivity index (χ0) is 21.4. The number of nitrogens with one attached hydrogen (secondary N) is 1. The molecule has 9 heteroatoms. The SMILES string of the molecule is CCOC(=O)c1sc(NC(=O)C(C#N)=Cc2ccc(OCC)c(OC)c2)nc1C. The van der Waals surface area contributed by atoms with E-state index in [0.717, 1.165) is 11.3 Å². The van der Waals surface area contributed by atoms with Gasteiger partial charge in [0.2, 0.25) is 0 Å². The first-order chi connectivity index (χ1) is 13.9. The quantitative estimate of drug-likeness (QED) is 0.398. The molecule has 0 spiro atoms. The van der Waals surface area contributed by atoms with Crippen molar-refractivity contribution in [2.24, 2.45) is 0 Å². The fraction of sp³-hybridized carbons (Fsp3) is 0.300. The second kappa shape index (κ2) is 10.2. The van der Waals surface area contributed by atoms with E-state index in [0.29, 0.717) is 34.2 Å². The summed E-state index contributed by atoms with van der Waals surface area (Å²) in [6, 6.07) is 6.96. The van der Waals surface area contributed by atoms with Gasteiger partial charge < -0.3 is 14.2 Å². The number of aromatic nitrogens is 1. The highest BCUT2D eigenvalue weighted by Crippen LogP contribution is 2.29. The fourth-order valence-electron chi connectivity index (χ4n) is 2.36. The molecular formula is C20H21N3O5S. The molecule has 0 saturated heterocycles. The Morgan fingerprint density at radius 1 is 1.28 bits per heavy atom. The first kappa shape index (κ1) is 21.9. The lowest BCUT2D eigenvalue weighted by molar-refractivity contribution is -0.112. The van der Waals surface area contributed by atoms with Crippen molar-refractivity contribution < 1.29 is 23.8 Å². The maximum atomic E-state index is 12.5. The smallest absolute Gasteiger partial charge is 0.350 e. The minimum atomic E-state index is -0.635. The molecule has 0 aliphatic rings. The van der Waals surface area contributed by atoms with Crippen LogP contribution in [-0.2, 0) is 9.53 Å². The lowest BCUT2D eigenvalue weighted by Crippen LogP contribution is -2.13. The monoisotopic (exact) mass is 415 g/mol. The molecule has 1 heterocycles. The molecule has 0 radical (unpaired) electrons. The number of amides is 1. The minimum Gasteiger partial charge on any atom is -0.493 e. The second-order valence-corrected chi connectivity index (χ2v) is 6.62. The molecule has 1 amide bonds. The summed E-state index contributed by atoms with van der Waals surface area (Å²) in [6.07, 6.45) is 1.43. The Kier molecular flexibility index (Phi) is 7.74. The summed E-state index contributed by atoms with van der Waals surface area (Å²) < 4.78 is 15.7. The van der Waals surface area contributed by atoms with Crippen molar-refractivity contribution in [3.8, 4) is 17.6 Å². The molecule has 2 aromatic rings. The van der Waals surface area contributed by atoms with E-state index < -0.39 is 11.9 Å².